The number of carboxylic acid groups (broad SMARTS) is 1. The summed E-state index contributed by atoms with van der Waals surface area (Å²) in [4.78, 5) is 20.9. The minimum atomic E-state index is -4.18. The number of hydrogen-bond acceptors (Lipinski definition) is 6. The van der Waals surface area contributed by atoms with Crippen molar-refractivity contribution in [3.63, 3.8) is 0 Å². The van der Waals surface area contributed by atoms with E-state index < -0.39 is 20.9 Å². The summed E-state index contributed by atoms with van der Waals surface area (Å²) in [5.74, 6) is -1.45. The maximum Gasteiger partial charge on any atom is 0.335 e. The highest BCUT2D eigenvalue weighted by Crippen LogP contribution is 2.39. The summed E-state index contributed by atoms with van der Waals surface area (Å²) in [6.07, 6.45) is 0. The van der Waals surface area contributed by atoms with E-state index in [2.05, 4.69) is 20.7 Å². The van der Waals surface area contributed by atoms with Crippen LogP contribution in [0.15, 0.2) is 45.8 Å². The molecule has 0 atom stereocenters. The Morgan fingerprint density at radius 3 is 2.56 bits per heavy atom. The van der Waals surface area contributed by atoms with Gasteiger partial charge in [0.15, 0.2) is 5.75 Å². The molecule has 2 rings (SSSR count). The minimum Gasteiger partial charge on any atom is -0.494 e. The van der Waals surface area contributed by atoms with E-state index in [9.17, 15) is 23.3 Å². The Labute approximate surface area is 150 Å². The molecule has 2 N–H and O–H groups in total. The molecule has 0 aliphatic carbocycles. The molecule has 25 heavy (non-hydrogen) atoms. The summed E-state index contributed by atoms with van der Waals surface area (Å²) in [7, 11) is -3.01. The van der Waals surface area contributed by atoms with E-state index in [0.29, 0.717) is 0 Å². The predicted octanol–water partition coefficient (Wildman–Crippen LogP) is 2.86. The summed E-state index contributed by atoms with van der Waals surface area (Å²) in [5.41, 5.74) is -0.433. The van der Waals surface area contributed by atoms with Crippen LogP contribution in [-0.4, -0.2) is 31.5 Å². The normalized spacial score (nSPS) is 11.0. The van der Waals surface area contributed by atoms with Crippen LogP contribution in [0.5, 0.6) is 5.75 Å². The van der Waals surface area contributed by atoms with Crippen molar-refractivity contribution in [2.75, 3.05) is 11.8 Å². The monoisotopic (exact) mass is 430 g/mol. The molecular formula is C14H11BrN2O7S. The zero-order valence-electron chi connectivity index (χ0n) is 12.6. The SMILES string of the molecule is COc1c(S(=O)(=O)Nc2cccc(C(=O)O)c2)ccc([N+](=O)[O-])c1Br. The largest absolute Gasteiger partial charge is 0.494 e. The predicted molar refractivity (Wildman–Crippen MR) is 91.6 cm³/mol. The standard InChI is InChI=1S/C14H11BrN2O7S/c1-24-13-11(6-5-10(12(13)15)17(20)21)25(22,23)16-9-4-2-3-8(7-9)14(18)19/h2-7,16H,1H3,(H,18,19). The van der Waals surface area contributed by atoms with Gasteiger partial charge in [-0.3, -0.25) is 14.8 Å². The van der Waals surface area contributed by atoms with Gasteiger partial charge in [-0.2, -0.15) is 0 Å². The molecule has 0 unspecified atom stereocenters. The van der Waals surface area contributed by atoms with Crippen LogP contribution in [0.25, 0.3) is 0 Å². The van der Waals surface area contributed by atoms with Gasteiger partial charge in [0.2, 0.25) is 0 Å². The van der Waals surface area contributed by atoms with Gasteiger partial charge >= 0.3 is 5.97 Å². The molecule has 0 amide bonds. The van der Waals surface area contributed by atoms with Crippen molar-refractivity contribution in [2.45, 2.75) is 4.90 Å². The maximum absolute atomic E-state index is 12.6. The molecule has 0 saturated heterocycles. The summed E-state index contributed by atoms with van der Waals surface area (Å²) in [6.45, 7) is 0. The van der Waals surface area contributed by atoms with Crippen LogP contribution in [0.1, 0.15) is 10.4 Å². The van der Waals surface area contributed by atoms with E-state index in [1.54, 1.807) is 0 Å². The second-order valence-corrected chi connectivity index (χ2v) is 7.12. The van der Waals surface area contributed by atoms with Gasteiger partial charge in [0.05, 0.1) is 17.6 Å². The van der Waals surface area contributed by atoms with E-state index in [4.69, 9.17) is 9.84 Å². The molecule has 0 spiro atoms. The van der Waals surface area contributed by atoms with Crippen molar-refractivity contribution in [3.05, 3.63) is 56.5 Å². The number of nitro benzene ring substituents is 1. The van der Waals surface area contributed by atoms with Crippen molar-refractivity contribution in [2.24, 2.45) is 0 Å². The summed E-state index contributed by atoms with van der Waals surface area (Å²) in [6, 6.07) is 7.26. The van der Waals surface area contributed by atoms with Crippen LogP contribution in [0.3, 0.4) is 0 Å². The Bertz CT molecular complexity index is 960. The number of aromatic carboxylic acids is 1. The van der Waals surface area contributed by atoms with Crippen molar-refractivity contribution in [1.82, 2.24) is 0 Å². The Hall–Kier alpha value is -2.66. The fraction of sp³-hybridized carbons (Fsp3) is 0.0714. The van der Waals surface area contributed by atoms with E-state index in [0.717, 1.165) is 18.2 Å². The Kier molecular flexibility index (Phi) is 5.28. The molecule has 11 heteroatoms. The van der Waals surface area contributed by atoms with Gasteiger partial charge in [-0.15, -0.1) is 0 Å². The lowest BCUT2D eigenvalue weighted by atomic mass is 10.2. The number of nitrogens with zero attached hydrogens (tertiary/aromatic N) is 1. The number of methoxy groups -OCH3 is 1. The topological polar surface area (TPSA) is 136 Å². The number of hydrogen-bond donors (Lipinski definition) is 2. The lowest BCUT2D eigenvalue weighted by Crippen LogP contribution is -2.15. The number of carboxylic acids is 1. The fourth-order valence-electron chi connectivity index (χ4n) is 2.00. The quantitative estimate of drug-likeness (QED) is 0.530. The van der Waals surface area contributed by atoms with Gasteiger partial charge in [0, 0.05) is 11.8 Å². The van der Waals surface area contributed by atoms with Crippen molar-refractivity contribution in [3.8, 4) is 5.75 Å². The molecule has 2 aromatic carbocycles. The van der Waals surface area contributed by atoms with Crippen LogP contribution in [0, 0.1) is 10.1 Å². The molecule has 0 aliphatic heterocycles. The second-order valence-electron chi connectivity index (χ2n) is 4.68. The lowest BCUT2D eigenvalue weighted by molar-refractivity contribution is -0.385. The Morgan fingerprint density at radius 2 is 2.00 bits per heavy atom. The zero-order valence-corrected chi connectivity index (χ0v) is 15.0. The molecule has 0 heterocycles. The maximum atomic E-state index is 12.6. The molecular weight excluding hydrogens is 420 g/mol. The number of carbonyl (C=O) groups is 1. The molecule has 132 valence electrons. The number of halogens is 1. The van der Waals surface area contributed by atoms with Gasteiger partial charge in [-0.25, -0.2) is 13.2 Å². The first-order valence-electron chi connectivity index (χ1n) is 6.54. The number of benzene rings is 2. The first kappa shape index (κ1) is 18.7. The number of sulfonamides is 1. The Morgan fingerprint density at radius 1 is 1.32 bits per heavy atom. The zero-order chi connectivity index (χ0) is 18.8. The van der Waals surface area contributed by atoms with E-state index in [1.165, 1.54) is 25.3 Å². The minimum absolute atomic E-state index is 0.0245. The molecule has 0 saturated carbocycles. The molecule has 0 fully saturated rings. The molecule has 0 radical (unpaired) electrons. The summed E-state index contributed by atoms with van der Waals surface area (Å²) in [5, 5.41) is 19.9. The first-order chi connectivity index (χ1) is 11.7. The van der Waals surface area contributed by atoms with E-state index in [-0.39, 0.29) is 32.1 Å². The third-order valence-electron chi connectivity index (χ3n) is 3.09. The highest BCUT2D eigenvalue weighted by atomic mass is 79.9. The summed E-state index contributed by atoms with van der Waals surface area (Å²) < 4.78 is 32.2. The third-order valence-corrected chi connectivity index (χ3v) is 5.26. The molecule has 9 nitrogen and oxygen atoms in total. The number of rotatable bonds is 6. The average molecular weight is 431 g/mol. The number of nitro groups is 1. The molecule has 0 bridgehead atoms. The number of ether oxygens (including phenoxy) is 1. The summed E-state index contributed by atoms with van der Waals surface area (Å²) >= 11 is 2.96. The number of nitrogens with one attached hydrogen (secondary N) is 1. The molecule has 0 aromatic heterocycles. The smallest absolute Gasteiger partial charge is 0.335 e. The van der Waals surface area contributed by atoms with Crippen LogP contribution >= 0.6 is 15.9 Å². The van der Waals surface area contributed by atoms with Crippen LogP contribution in [0.2, 0.25) is 0 Å². The van der Waals surface area contributed by atoms with E-state index >= 15 is 0 Å². The van der Waals surface area contributed by atoms with Crippen LogP contribution in [0.4, 0.5) is 11.4 Å². The van der Waals surface area contributed by atoms with Gasteiger partial charge in [0.25, 0.3) is 15.7 Å². The highest BCUT2D eigenvalue weighted by Gasteiger charge is 2.27. The Balaban J connectivity index is 2.50. The average Bonchev–Trinajstić information content (AvgIpc) is 2.53. The van der Waals surface area contributed by atoms with Crippen molar-refractivity contribution in [1.29, 1.82) is 0 Å². The van der Waals surface area contributed by atoms with E-state index in [1.807, 2.05) is 0 Å². The van der Waals surface area contributed by atoms with Crippen molar-refractivity contribution < 1.29 is 28.0 Å². The van der Waals surface area contributed by atoms with Crippen LogP contribution in [-0.2, 0) is 10.0 Å². The third kappa shape index (κ3) is 3.88. The number of anilines is 1. The van der Waals surface area contributed by atoms with Gasteiger partial charge in [-0.05, 0) is 40.2 Å². The highest BCUT2D eigenvalue weighted by molar-refractivity contribution is 9.10. The van der Waals surface area contributed by atoms with Gasteiger partial charge < -0.3 is 9.84 Å². The first-order valence-corrected chi connectivity index (χ1v) is 8.82. The van der Waals surface area contributed by atoms with Crippen LogP contribution < -0.4 is 9.46 Å². The van der Waals surface area contributed by atoms with Gasteiger partial charge in [-0.1, -0.05) is 6.07 Å². The second kappa shape index (κ2) is 7.07. The lowest BCUT2D eigenvalue weighted by Gasteiger charge is -2.13. The van der Waals surface area contributed by atoms with Crippen molar-refractivity contribution >= 4 is 43.3 Å². The fourth-order valence-corrected chi connectivity index (χ4v) is 4.00. The molecule has 0 aliphatic rings. The van der Waals surface area contributed by atoms with Gasteiger partial charge in [0.1, 0.15) is 9.37 Å². The molecule has 2 aromatic rings.